The number of carbonyl (C=O) groups excluding carboxylic acids is 2. The van der Waals surface area contributed by atoms with E-state index in [4.69, 9.17) is 4.74 Å². The predicted molar refractivity (Wildman–Crippen MR) is 84.7 cm³/mol. The number of nitrogens with one attached hydrogen (secondary N) is 1. The number of alkyl carbamates (subject to hydrolysis) is 1. The SMILES string of the molecule is COC(=O)CCC(CNC(=O)OC(C)(C)C)c1ccccc1. The van der Waals surface area contributed by atoms with Crippen LogP contribution in [0.25, 0.3) is 0 Å². The molecule has 1 rings (SSSR count). The third kappa shape index (κ3) is 7.11. The number of amides is 1. The molecule has 0 aliphatic carbocycles. The summed E-state index contributed by atoms with van der Waals surface area (Å²) in [5.74, 6) is -0.217. The minimum atomic E-state index is -0.529. The summed E-state index contributed by atoms with van der Waals surface area (Å²) in [5, 5.41) is 2.77. The average Bonchev–Trinajstić information content (AvgIpc) is 2.46. The number of hydrogen-bond acceptors (Lipinski definition) is 4. The second-order valence-electron chi connectivity index (χ2n) is 6.11. The van der Waals surface area contributed by atoms with Crippen LogP contribution in [0, 0.1) is 0 Å². The predicted octanol–water partition coefficient (Wildman–Crippen LogP) is 3.25. The highest BCUT2D eigenvalue weighted by atomic mass is 16.6. The van der Waals surface area contributed by atoms with Crippen LogP contribution in [-0.2, 0) is 14.3 Å². The van der Waals surface area contributed by atoms with Crippen molar-refractivity contribution in [1.82, 2.24) is 5.32 Å². The molecule has 0 aliphatic rings. The van der Waals surface area contributed by atoms with Gasteiger partial charge in [0.2, 0.25) is 0 Å². The highest BCUT2D eigenvalue weighted by molar-refractivity contribution is 5.69. The van der Waals surface area contributed by atoms with Gasteiger partial charge in [-0.15, -0.1) is 0 Å². The Bertz CT molecular complexity index is 479. The molecule has 122 valence electrons. The molecule has 0 saturated heterocycles. The minimum absolute atomic E-state index is 0.0350. The number of esters is 1. The molecule has 0 fully saturated rings. The fraction of sp³-hybridized carbons (Fsp3) is 0.529. The third-order valence-corrected chi connectivity index (χ3v) is 3.09. The molecule has 1 atom stereocenters. The maximum atomic E-state index is 11.8. The molecule has 0 heterocycles. The Hall–Kier alpha value is -2.04. The first-order valence-electron chi connectivity index (χ1n) is 7.40. The zero-order chi connectivity index (χ0) is 16.6. The standard InChI is InChI=1S/C17H25NO4/c1-17(2,3)22-16(20)18-12-14(10-11-15(19)21-4)13-8-6-5-7-9-13/h5-9,14H,10-12H2,1-4H3,(H,18,20). The Morgan fingerprint density at radius 2 is 1.82 bits per heavy atom. The zero-order valence-corrected chi connectivity index (χ0v) is 13.7. The molecular weight excluding hydrogens is 282 g/mol. The Morgan fingerprint density at radius 3 is 2.36 bits per heavy atom. The van der Waals surface area contributed by atoms with Gasteiger partial charge in [-0.25, -0.2) is 4.79 Å². The van der Waals surface area contributed by atoms with Crippen LogP contribution >= 0.6 is 0 Å². The monoisotopic (exact) mass is 307 g/mol. The van der Waals surface area contributed by atoms with E-state index in [0.717, 1.165) is 5.56 Å². The van der Waals surface area contributed by atoms with Crippen molar-refractivity contribution < 1.29 is 19.1 Å². The second kappa shape index (κ2) is 8.41. The summed E-state index contributed by atoms with van der Waals surface area (Å²) in [6.45, 7) is 5.87. The van der Waals surface area contributed by atoms with E-state index in [1.54, 1.807) is 0 Å². The highest BCUT2D eigenvalue weighted by Crippen LogP contribution is 2.21. The molecular formula is C17H25NO4. The molecule has 22 heavy (non-hydrogen) atoms. The lowest BCUT2D eigenvalue weighted by Gasteiger charge is -2.22. The molecule has 0 saturated carbocycles. The average molecular weight is 307 g/mol. The second-order valence-corrected chi connectivity index (χ2v) is 6.11. The summed E-state index contributed by atoms with van der Waals surface area (Å²) in [6.07, 6.45) is 0.463. The van der Waals surface area contributed by atoms with Gasteiger partial charge in [0.25, 0.3) is 0 Å². The van der Waals surface area contributed by atoms with E-state index in [1.165, 1.54) is 7.11 Å². The summed E-state index contributed by atoms with van der Waals surface area (Å²) in [7, 11) is 1.37. The number of carbonyl (C=O) groups is 2. The van der Waals surface area contributed by atoms with Gasteiger partial charge < -0.3 is 14.8 Å². The molecule has 0 aromatic heterocycles. The van der Waals surface area contributed by atoms with E-state index in [1.807, 2.05) is 51.1 Å². The smallest absolute Gasteiger partial charge is 0.407 e. The summed E-state index contributed by atoms with van der Waals surface area (Å²) < 4.78 is 9.91. The van der Waals surface area contributed by atoms with Gasteiger partial charge in [0, 0.05) is 18.9 Å². The highest BCUT2D eigenvalue weighted by Gasteiger charge is 2.19. The summed E-state index contributed by atoms with van der Waals surface area (Å²) >= 11 is 0. The van der Waals surface area contributed by atoms with Crippen LogP contribution in [0.5, 0.6) is 0 Å². The lowest BCUT2D eigenvalue weighted by molar-refractivity contribution is -0.140. The van der Waals surface area contributed by atoms with Gasteiger partial charge in [0.05, 0.1) is 7.11 Å². The molecule has 0 spiro atoms. The molecule has 1 amide bonds. The van der Waals surface area contributed by atoms with E-state index in [9.17, 15) is 9.59 Å². The molecule has 0 bridgehead atoms. The van der Waals surface area contributed by atoms with Crippen molar-refractivity contribution in [2.24, 2.45) is 0 Å². The lowest BCUT2D eigenvalue weighted by atomic mass is 9.94. The van der Waals surface area contributed by atoms with E-state index in [0.29, 0.717) is 19.4 Å². The normalized spacial score (nSPS) is 12.4. The van der Waals surface area contributed by atoms with Gasteiger partial charge in [0.15, 0.2) is 0 Å². The molecule has 1 aromatic rings. The lowest BCUT2D eigenvalue weighted by Crippen LogP contribution is -2.35. The molecule has 0 aliphatic heterocycles. The van der Waals surface area contributed by atoms with Gasteiger partial charge in [-0.3, -0.25) is 4.79 Å². The third-order valence-electron chi connectivity index (χ3n) is 3.09. The van der Waals surface area contributed by atoms with Crippen molar-refractivity contribution >= 4 is 12.1 Å². The number of benzene rings is 1. The Labute approximate surface area is 132 Å². The fourth-order valence-electron chi connectivity index (χ4n) is 2.03. The van der Waals surface area contributed by atoms with E-state index in [-0.39, 0.29) is 11.9 Å². The van der Waals surface area contributed by atoms with Gasteiger partial charge in [-0.2, -0.15) is 0 Å². The summed E-state index contributed by atoms with van der Waals surface area (Å²) in [5.41, 5.74) is 0.542. The van der Waals surface area contributed by atoms with Gasteiger partial charge in [-0.05, 0) is 32.8 Å². The quantitative estimate of drug-likeness (QED) is 0.819. The van der Waals surface area contributed by atoms with Crippen molar-refractivity contribution in [1.29, 1.82) is 0 Å². The van der Waals surface area contributed by atoms with Crippen LogP contribution in [0.3, 0.4) is 0 Å². The number of hydrogen-bond donors (Lipinski definition) is 1. The first-order valence-corrected chi connectivity index (χ1v) is 7.40. The van der Waals surface area contributed by atoms with E-state index >= 15 is 0 Å². The molecule has 1 N–H and O–H groups in total. The van der Waals surface area contributed by atoms with Crippen molar-refractivity contribution in [2.75, 3.05) is 13.7 Å². The topological polar surface area (TPSA) is 64.6 Å². The number of methoxy groups -OCH3 is 1. The number of ether oxygens (including phenoxy) is 2. The maximum Gasteiger partial charge on any atom is 0.407 e. The van der Waals surface area contributed by atoms with Crippen LogP contribution in [0.4, 0.5) is 4.79 Å². The Balaban J connectivity index is 2.62. The van der Waals surface area contributed by atoms with E-state index in [2.05, 4.69) is 10.1 Å². The zero-order valence-electron chi connectivity index (χ0n) is 13.7. The van der Waals surface area contributed by atoms with Crippen molar-refractivity contribution in [3.63, 3.8) is 0 Å². The summed E-state index contributed by atoms with van der Waals surface area (Å²) in [6, 6.07) is 9.78. The Kier molecular flexibility index (Phi) is 6.89. The van der Waals surface area contributed by atoms with Gasteiger partial charge in [0.1, 0.15) is 5.60 Å². The summed E-state index contributed by atoms with van der Waals surface area (Å²) in [4.78, 5) is 23.1. The van der Waals surface area contributed by atoms with Crippen LogP contribution in [0.15, 0.2) is 30.3 Å². The first kappa shape index (κ1) is 18.0. The van der Waals surface area contributed by atoms with Crippen molar-refractivity contribution in [2.45, 2.75) is 45.1 Å². The minimum Gasteiger partial charge on any atom is -0.469 e. The molecule has 0 radical (unpaired) electrons. The van der Waals surface area contributed by atoms with Gasteiger partial charge in [-0.1, -0.05) is 30.3 Å². The molecule has 5 heteroatoms. The van der Waals surface area contributed by atoms with Crippen LogP contribution in [0.2, 0.25) is 0 Å². The fourth-order valence-corrected chi connectivity index (χ4v) is 2.03. The largest absolute Gasteiger partial charge is 0.469 e. The van der Waals surface area contributed by atoms with Crippen LogP contribution < -0.4 is 5.32 Å². The van der Waals surface area contributed by atoms with Crippen LogP contribution in [-0.4, -0.2) is 31.3 Å². The van der Waals surface area contributed by atoms with E-state index < -0.39 is 11.7 Å². The number of rotatable bonds is 6. The maximum absolute atomic E-state index is 11.8. The molecule has 1 aromatic carbocycles. The van der Waals surface area contributed by atoms with Crippen molar-refractivity contribution in [3.05, 3.63) is 35.9 Å². The van der Waals surface area contributed by atoms with Crippen molar-refractivity contribution in [3.8, 4) is 0 Å². The molecule has 1 unspecified atom stereocenters. The van der Waals surface area contributed by atoms with Gasteiger partial charge >= 0.3 is 12.1 Å². The van der Waals surface area contributed by atoms with Crippen LogP contribution in [0.1, 0.15) is 45.1 Å². The first-order chi connectivity index (χ1) is 10.3. The Morgan fingerprint density at radius 1 is 1.18 bits per heavy atom. The molecule has 5 nitrogen and oxygen atoms in total.